The fourth-order valence-electron chi connectivity index (χ4n) is 4.89. The van der Waals surface area contributed by atoms with Gasteiger partial charge in [0.1, 0.15) is 34.6 Å². The molecule has 1 aromatic carbocycles. The van der Waals surface area contributed by atoms with Crippen molar-refractivity contribution in [1.82, 2.24) is 25.4 Å². The monoisotopic (exact) mass is 602 g/mol. The van der Waals surface area contributed by atoms with Crippen LogP contribution in [0.25, 0.3) is 0 Å². The number of piperazine rings is 1. The van der Waals surface area contributed by atoms with Crippen LogP contribution in [-0.4, -0.2) is 95.2 Å². The Morgan fingerprint density at radius 2 is 2.02 bits per heavy atom. The Morgan fingerprint density at radius 1 is 1.28 bits per heavy atom. The van der Waals surface area contributed by atoms with Gasteiger partial charge in [-0.3, -0.25) is 19.5 Å². The van der Waals surface area contributed by atoms with Crippen molar-refractivity contribution in [2.45, 2.75) is 25.3 Å². The lowest BCUT2D eigenvalue weighted by atomic mass is 9.71. The van der Waals surface area contributed by atoms with Crippen molar-refractivity contribution >= 4 is 30.9 Å². The predicted molar refractivity (Wildman–Crippen MR) is 146 cm³/mol. The number of rotatable bonds is 9. The number of hydrogen-bond donors (Lipinski definition) is 5. The Kier molecular flexibility index (Phi) is 9.45. The van der Waals surface area contributed by atoms with E-state index in [1.54, 1.807) is 6.92 Å². The largest absolute Gasteiger partial charge is 0.549 e. The van der Waals surface area contributed by atoms with E-state index < -0.39 is 65.9 Å². The molecule has 6 N–H and O–H groups in total. The number of aromatic nitrogens is 1. The van der Waals surface area contributed by atoms with E-state index in [-0.39, 0.29) is 49.7 Å². The van der Waals surface area contributed by atoms with Crippen molar-refractivity contribution in [3.05, 3.63) is 64.6 Å². The van der Waals surface area contributed by atoms with E-state index in [0.717, 1.165) is 18.3 Å². The molecule has 0 spiro atoms. The van der Waals surface area contributed by atoms with Crippen LogP contribution >= 0.6 is 0 Å². The molecule has 2 aliphatic heterocycles. The molecule has 4 rings (SSSR count). The zero-order valence-electron chi connectivity index (χ0n) is 23.2. The van der Waals surface area contributed by atoms with Gasteiger partial charge in [-0.25, -0.2) is 18.4 Å². The lowest BCUT2D eigenvalue weighted by Gasteiger charge is -2.35. The summed E-state index contributed by atoms with van der Waals surface area (Å²) in [6, 6.07) is 0.748. The third kappa shape index (κ3) is 6.36. The van der Waals surface area contributed by atoms with Crippen LogP contribution in [0.5, 0.6) is 11.5 Å². The SMILES string of the molecule is C/C=C(\N[C@H]1Cc2ccc(F)c(C(=O)O)c2OB1OC)[C@@H](NC(=O)N1CCN(CCN)C(=O)C1=O)c1ncc(O)cc1F. The maximum absolute atomic E-state index is 15.1. The first kappa shape index (κ1) is 31.2. The highest BCUT2D eigenvalue weighted by Crippen LogP contribution is 2.34. The predicted octanol–water partition coefficient (Wildman–Crippen LogP) is 0.315. The number of carbonyl (C=O) groups excluding carboxylic acids is 3. The standard InChI is InChI=1S/C26H29BF2N6O8/c1-3-17(32-18-10-13-4-5-15(28)19(25(39)40)22(13)43-27(18)42-2)21(20-16(29)11-14(36)12-31-20)33-26(41)35-9-8-34(7-6-30)23(37)24(35)38/h3-5,11-12,18,21,32,36H,6-10,30H2,1-2H3,(H,33,41)(H,39,40)/b17-3-/t18-,21+/m0/s1. The van der Waals surface area contributed by atoms with Gasteiger partial charge in [-0.1, -0.05) is 12.1 Å². The normalized spacial score (nSPS) is 17.7. The molecule has 0 unspecified atom stereocenters. The molecular formula is C26H29BF2N6O8. The summed E-state index contributed by atoms with van der Waals surface area (Å²) in [5.74, 6) is -6.98. The Hall–Kier alpha value is -4.77. The van der Waals surface area contributed by atoms with Gasteiger partial charge < -0.3 is 40.8 Å². The number of nitrogens with two attached hydrogens (primary N) is 1. The first-order chi connectivity index (χ1) is 20.5. The Morgan fingerprint density at radius 3 is 2.65 bits per heavy atom. The second kappa shape index (κ2) is 13.0. The number of carboxylic acid groups (broad SMARTS) is 1. The van der Waals surface area contributed by atoms with Gasteiger partial charge in [0.05, 0.1) is 12.1 Å². The molecule has 14 nitrogen and oxygen atoms in total. The van der Waals surface area contributed by atoms with Crippen LogP contribution in [0.15, 0.2) is 36.2 Å². The summed E-state index contributed by atoms with van der Waals surface area (Å²) in [6.07, 6.45) is 2.51. The summed E-state index contributed by atoms with van der Waals surface area (Å²) < 4.78 is 40.5. The van der Waals surface area contributed by atoms with Crippen LogP contribution < -0.4 is 21.0 Å². The second-order valence-electron chi connectivity index (χ2n) is 9.62. The summed E-state index contributed by atoms with van der Waals surface area (Å²) in [7, 11) is 0.124. The van der Waals surface area contributed by atoms with Gasteiger partial charge in [-0.05, 0) is 25.0 Å². The van der Waals surface area contributed by atoms with Crippen LogP contribution in [0.1, 0.15) is 34.6 Å². The first-order valence-electron chi connectivity index (χ1n) is 13.1. The maximum atomic E-state index is 15.1. The number of amides is 4. The van der Waals surface area contributed by atoms with Gasteiger partial charge in [0, 0.05) is 45.1 Å². The fourth-order valence-corrected chi connectivity index (χ4v) is 4.89. The lowest BCUT2D eigenvalue weighted by molar-refractivity contribution is -0.153. The van der Waals surface area contributed by atoms with Gasteiger partial charge in [0.15, 0.2) is 5.82 Å². The number of urea groups is 1. The molecular weight excluding hydrogens is 573 g/mol. The molecule has 1 aromatic heterocycles. The van der Waals surface area contributed by atoms with E-state index in [1.165, 1.54) is 24.2 Å². The minimum Gasteiger partial charge on any atom is -0.534 e. The number of nitrogens with one attached hydrogen (secondary N) is 2. The van der Waals surface area contributed by atoms with Gasteiger partial charge in [0.25, 0.3) is 0 Å². The number of benzene rings is 1. The molecule has 0 bridgehead atoms. The van der Waals surface area contributed by atoms with Crippen LogP contribution in [0.3, 0.4) is 0 Å². The molecule has 0 radical (unpaired) electrons. The molecule has 17 heteroatoms. The summed E-state index contributed by atoms with van der Waals surface area (Å²) in [5.41, 5.74) is 4.97. The van der Waals surface area contributed by atoms with Crippen molar-refractivity contribution < 1.29 is 47.5 Å². The number of carbonyl (C=O) groups is 4. The molecule has 0 aliphatic carbocycles. The minimum absolute atomic E-state index is 0.0493. The zero-order chi connectivity index (χ0) is 31.4. The van der Waals surface area contributed by atoms with Crippen LogP contribution in [0.2, 0.25) is 0 Å². The zero-order valence-corrected chi connectivity index (χ0v) is 23.2. The summed E-state index contributed by atoms with van der Waals surface area (Å²) in [4.78, 5) is 56.0. The highest BCUT2D eigenvalue weighted by molar-refractivity contribution is 6.48. The molecule has 1 fully saturated rings. The maximum Gasteiger partial charge on any atom is 0.549 e. The number of pyridine rings is 1. The summed E-state index contributed by atoms with van der Waals surface area (Å²) in [6.45, 7) is 1.73. The number of carboxylic acids is 1. The minimum atomic E-state index is -1.53. The molecule has 43 heavy (non-hydrogen) atoms. The van der Waals surface area contributed by atoms with Crippen LogP contribution in [-0.2, 0) is 20.7 Å². The van der Waals surface area contributed by atoms with Crippen molar-refractivity contribution in [3.63, 3.8) is 0 Å². The van der Waals surface area contributed by atoms with Crippen molar-refractivity contribution in [2.24, 2.45) is 5.73 Å². The Bertz CT molecular complexity index is 1480. The smallest absolute Gasteiger partial charge is 0.534 e. The third-order valence-electron chi connectivity index (χ3n) is 6.96. The van der Waals surface area contributed by atoms with Gasteiger partial charge >= 0.3 is 30.9 Å². The van der Waals surface area contributed by atoms with Crippen molar-refractivity contribution in [2.75, 3.05) is 33.3 Å². The fraction of sp³-hybridized carbons (Fsp3) is 0.346. The molecule has 2 atom stereocenters. The molecule has 3 heterocycles. The molecule has 228 valence electrons. The molecule has 2 aliphatic rings. The quantitative estimate of drug-likeness (QED) is 0.196. The molecule has 1 saturated heterocycles. The van der Waals surface area contributed by atoms with Gasteiger partial charge in [-0.2, -0.15) is 0 Å². The highest BCUT2D eigenvalue weighted by atomic mass is 19.1. The Balaban J connectivity index is 1.64. The van der Waals surface area contributed by atoms with E-state index in [2.05, 4.69) is 15.6 Å². The number of hydrogen-bond acceptors (Lipinski definition) is 10. The third-order valence-corrected chi connectivity index (χ3v) is 6.96. The van der Waals surface area contributed by atoms with E-state index in [4.69, 9.17) is 15.0 Å². The molecule has 0 saturated carbocycles. The molecule has 4 amide bonds. The van der Waals surface area contributed by atoms with Crippen LogP contribution in [0.4, 0.5) is 13.6 Å². The average molecular weight is 602 g/mol. The van der Waals surface area contributed by atoms with Crippen LogP contribution in [0, 0.1) is 11.6 Å². The summed E-state index contributed by atoms with van der Waals surface area (Å²) >= 11 is 0. The van der Waals surface area contributed by atoms with E-state index in [9.17, 15) is 33.8 Å². The number of halogens is 2. The number of aromatic carboxylic acids is 1. The van der Waals surface area contributed by atoms with E-state index >= 15 is 4.39 Å². The number of aromatic hydroxyl groups is 1. The average Bonchev–Trinajstić information content (AvgIpc) is 2.97. The first-order valence-corrected chi connectivity index (χ1v) is 13.1. The Labute approximate surface area is 244 Å². The topological polar surface area (TPSA) is 197 Å². The second-order valence-corrected chi connectivity index (χ2v) is 9.62. The van der Waals surface area contributed by atoms with Crippen molar-refractivity contribution in [1.29, 1.82) is 0 Å². The number of nitrogens with zero attached hydrogens (tertiary/aromatic N) is 3. The lowest BCUT2D eigenvalue weighted by Crippen LogP contribution is -2.59. The number of imide groups is 1. The van der Waals surface area contributed by atoms with E-state index in [0.29, 0.717) is 10.5 Å². The number of fused-ring (bicyclic) bond motifs is 1. The van der Waals surface area contributed by atoms with Crippen molar-refractivity contribution in [3.8, 4) is 11.5 Å². The number of allylic oxidation sites excluding steroid dienone is 1. The summed E-state index contributed by atoms with van der Waals surface area (Å²) in [5, 5.41) is 24.8. The van der Waals surface area contributed by atoms with Gasteiger partial charge in [0.2, 0.25) is 0 Å². The van der Waals surface area contributed by atoms with Gasteiger partial charge in [-0.15, -0.1) is 0 Å². The van der Waals surface area contributed by atoms with E-state index in [1.807, 2.05) is 0 Å². The highest BCUT2D eigenvalue weighted by Gasteiger charge is 2.42. The molecule has 2 aromatic rings.